The molecule has 156 valence electrons. The number of benzene rings is 1. The maximum atomic E-state index is 11.6. The summed E-state index contributed by atoms with van der Waals surface area (Å²) in [5.74, 6) is 1.34. The Morgan fingerprint density at radius 3 is 2.47 bits per heavy atom. The molecule has 1 aromatic carbocycles. The van der Waals surface area contributed by atoms with Gasteiger partial charge in [0.2, 0.25) is 0 Å². The van der Waals surface area contributed by atoms with Gasteiger partial charge in [-0.2, -0.15) is 0 Å². The Bertz CT molecular complexity index is 898. The monoisotopic (exact) mass is 422 g/mol. The molecule has 2 heterocycles. The molecular weight excluding hydrogens is 395 g/mol. The molecule has 0 bridgehead atoms. The minimum absolute atomic E-state index is 0. The van der Waals surface area contributed by atoms with Crippen LogP contribution in [-0.2, 0) is 21.6 Å². The summed E-state index contributed by atoms with van der Waals surface area (Å²) in [5, 5.41) is 2.51. The Morgan fingerprint density at radius 1 is 1.20 bits per heavy atom. The summed E-state index contributed by atoms with van der Waals surface area (Å²) >= 11 is 0. The Morgan fingerprint density at radius 2 is 1.90 bits per heavy atom. The number of oxazole rings is 1. The summed E-state index contributed by atoms with van der Waals surface area (Å²) in [6, 6.07) is 6.97. The van der Waals surface area contributed by atoms with Crippen LogP contribution in [-0.4, -0.2) is 23.1 Å². The quantitative estimate of drug-likeness (QED) is 0.427. The fourth-order valence-electron chi connectivity index (χ4n) is 4.46. The van der Waals surface area contributed by atoms with Crippen molar-refractivity contribution in [1.82, 2.24) is 10.3 Å². The average Bonchev–Trinajstić information content (AvgIpc) is 3.29. The zero-order valence-electron chi connectivity index (χ0n) is 18.8. The van der Waals surface area contributed by atoms with Crippen LogP contribution in [0.25, 0.3) is 0 Å². The van der Waals surface area contributed by atoms with Crippen molar-refractivity contribution < 1.29 is 54.5 Å². The van der Waals surface area contributed by atoms with Crippen LogP contribution in [0.3, 0.4) is 0 Å². The fraction of sp³-hybridized carbons (Fsp3) is 0.500. The molecule has 1 aromatic heterocycles. The SMILES string of the molecule is Cc1ocnc1C(C)(Oc1ccc(CC2NC(=O)OC2=O)cc1)C1CCCCC1.[H-].[Na+]. The number of hydrogen-bond acceptors (Lipinski definition) is 6. The first kappa shape index (κ1) is 22.8. The molecule has 1 saturated heterocycles. The standard InChI is InChI=1S/C22H26N2O5.Na.H/c1-14-19(23-13-27-14)22(2,16-6-4-3-5-7-16)29-17-10-8-15(9-11-17)12-18-20(25)28-21(26)24-18;;/h8-11,13,16,18H,3-7,12H2,1-2H3,(H,24,26);;/q;+1;-1. The predicted molar refractivity (Wildman–Crippen MR) is 105 cm³/mol. The van der Waals surface area contributed by atoms with Gasteiger partial charge in [-0.05, 0) is 44.4 Å². The molecule has 2 aliphatic rings. The van der Waals surface area contributed by atoms with Crippen molar-refractivity contribution in [3.8, 4) is 5.75 Å². The molecule has 1 amide bonds. The summed E-state index contributed by atoms with van der Waals surface area (Å²) in [4.78, 5) is 27.3. The number of aromatic nitrogens is 1. The van der Waals surface area contributed by atoms with E-state index in [1.807, 2.05) is 31.2 Å². The molecule has 1 saturated carbocycles. The van der Waals surface area contributed by atoms with E-state index in [4.69, 9.17) is 9.15 Å². The zero-order valence-corrected chi connectivity index (χ0v) is 19.8. The number of cyclic esters (lactones) is 2. The van der Waals surface area contributed by atoms with Crippen LogP contribution in [0.2, 0.25) is 0 Å². The topological polar surface area (TPSA) is 90.7 Å². The number of carbonyl (C=O) groups excluding carboxylic acids is 2. The molecule has 2 unspecified atom stereocenters. The molecule has 1 aliphatic carbocycles. The van der Waals surface area contributed by atoms with Gasteiger partial charge in [-0.15, -0.1) is 0 Å². The number of amides is 1. The summed E-state index contributed by atoms with van der Waals surface area (Å²) in [7, 11) is 0. The molecule has 0 radical (unpaired) electrons. The number of carbonyl (C=O) groups is 2. The smallest absolute Gasteiger partial charge is 1.00 e. The van der Waals surface area contributed by atoms with E-state index in [0.717, 1.165) is 35.6 Å². The van der Waals surface area contributed by atoms with E-state index in [9.17, 15) is 9.59 Å². The molecule has 8 heteroatoms. The van der Waals surface area contributed by atoms with E-state index in [1.54, 1.807) is 0 Å². The Kier molecular flexibility index (Phi) is 7.26. The summed E-state index contributed by atoms with van der Waals surface area (Å²) in [5.41, 5.74) is 1.20. The average molecular weight is 422 g/mol. The number of nitrogens with one attached hydrogen (secondary N) is 1. The second kappa shape index (κ2) is 9.54. The number of aryl methyl sites for hydroxylation is 1. The third-order valence-corrected chi connectivity index (χ3v) is 6.06. The molecule has 7 nitrogen and oxygen atoms in total. The molecule has 4 rings (SSSR count). The van der Waals surface area contributed by atoms with Gasteiger partial charge in [0.05, 0.1) is 0 Å². The van der Waals surface area contributed by atoms with Crippen molar-refractivity contribution in [2.45, 2.75) is 64.0 Å². The van der Waals surface area contributed by atoms with Crippen LogP contribution in [0, 0.1) is 12.8 Å². The van der Waals surface area contributed by atoms with Crippen molar-refractivity contribution in [2.24, 2.45) is 5.92 Å². The van der Waals surface area contributed by atoms with E-state index >= 15 is 0 Å². The first-order valence-corrected chi connectivity index (χ1v) is 10.2. The number of esters is 1. The van der Waals surface area contributed by atoms with Crippen LogP contribution in [0.1, 0.15) is 57.5 Å². The normalized spacial score (nSPS) is 21.3. The van der Waals surface area contributed by atoms with Crippen molar-refractivity contribution in [3.05, 3.63) is 47.7 Å². The van der Waals surface area contributed by atoms with Crippen LogP contribution in [0.4, 0.5) is 4.79 Å². The van der Waals surface area contributed by atoms with Gasteiger partial charge in [-0.1, -0.05) is 31.4 Å². The molecule has 2 atom stereocenters. The van der Waals surface area contributed by atoms with Crippen molar-refractivity contribution >= 4 is 12.1 Å². The first-order valence-electron chi connectivity index (χ1n) is 10.2. The van der Waals surface area contributed by atoms with Gasteiger partial charge < -0.3 is 20.6 Å². The van der Waals surface area contributed by atoms with Crippen LogP contribution < -0.4 is 39.6 Å². The Balaban J connectivity index is 0.00000171. The molecule has 1 aliphatic heterocycles. The van der Waals surface area contributed by atoms with Crippen molar-refractivity contribution in [1.29, 1.82) is 0 Å². The van der Waals surface area contributed by atoms with Gasteiger partial charge in [0.15, 0.2) is 12.0 Å². The van der Waals surface area contributed by atoms with Gasteiger partial charge >= 0.3 is 41.6 Å². The van der Waals surface area contributed by atoms with Gasteiger partial charge in [-0.3, -0.25) is 0 Å². The van der Waals surface area contributed by atoms with Gasteiger partial charge in [0, 0.05) is 12.3 Å². The van der Waals surface area contributed by atoms with E-state index < -0.39 is 23.7 Å². The van der Waals surface area contributed by atoms with Gasteiger partial charge in [-0.25, -0.2) is 14.6 Å². The van der Waals surface area contributed by atoms with E-state index in [2.05, 4.69) is 22.0 Å². The third kappa shape index (κ3) is 4.74. The second-order valence-corrected chi connectivity index (χ2v) is 8.05. The largest absolute Gasteiger partial charge is 1.00 e. The van der Waals surface area contributed by atoms with Gasteiger partial charge in [0.1, 0.15) is 23.2 Å². The molecule has 2 fully saturated rings. The fourth-order valence-corrected chi connectivity index (χ4v) is 4.46. The molecular formula is C22H27N2NaO5. The number of hydrogen-bond donors (Lipinski definition) is 1. The summed E-state index contributed by atoms with van der Waals surface area (Å²) in [6.07, 6.45) is 7.03. The zero-order chi connectivity index (χ0) is 20.4. The predicted octanol–water partition coefficient (Wildman–Crippen LogP) is 1.15. The molecule has 0 spiro atoms. The molecule has 1 N–H and O–H groups in total. The van der Waals surface area contributed by atoms with Crippen molar-refractivity contribution in [2.75, 3.05) is 0 Å². The van der Waals surface area contributed by atoms with Crippen LogP contribution in [0.5, 0.6) is 5.75 Å². The van der Waals surface area contributed by atoms with E-state index in [0.29, 0.717) is 12.3 Å². The molecule has 2 aromatic rings. The summed E-state index contributed by atoms with van der Waals surface area (Å²) in [6.45, 7) is 4.02. The van der Waals surface area contributed by atoms with E-state index in [1.165, 1.54) is 25.7 Å². The number of ether oxygens (including phenoxy) is 2. The maximum absolute atomic E-state index is 11.6. The second-order valence-electron chi connectivity index (χ2n) is 8.05. The number of alkyl carbamates (subject to hydrolysis) is 1. The van der Waals surface area contributed by atoms with Crippen LogP contribution in [0.15, 0.2) is 35.1 Å². The molecule has 30 heavy (non-hydrogen) atoms. The number of nitrogens with zero attached hydrogens (tertiary/aromatic N) is 1. The van der Waals surface area contributed by atoms with Crippen molar-refractivity contribution in [3.63, 3.8) is 0 Å². The Labute approximate surface area is 199 Å². The first-order chi connectivity index (χ1) is 14.0. The van der Waals surface area contributed by atoms with Gasteiger partial charge in [0.25, 0.3) is 0 Å². The third-order valence-electron chi connectivity index (χ3n) is 6.06. The summed E-state index contributed by atoms with van der Waals surface area (Å²) < 4.78 is 16.6. The Hall–Kier alpha value is -1.83. The maximum Gasteiger partial charge on any atom is 1.00 e. The van der Waals surface area contributed by atoms with Crippen LogP contribution >= 0.6 is 0 Å². The van der Waals surface area contributed by atoms with E-state index in [-0.39, 0.29) is 31.0 Å². The minimum atomic E-state index is -0.689. The number of rotatable bonds is 6. The minimum Gasteiger partial charge on any atom is -1.00 e.